The maximum absolute atomic E-state index is 7.50. The summed E-state index contributed by atoms with van der Waals surface area (Å²) in [6.45, 7) is 16.8. The first kappa shape index (κ1) is 23.5. The Kier molecular flexibility index (Phi) is 20.6. The van der Waals surface area contributed by atoms with Gasteiger partial charge in [0, 0.05) is 17.1 Å². The van der Waals surface area contributed by atoms with E-state index < -0.39 is 0 Å². The summed E-state index contributed by atoms with van der Waals surface area (Å²) in [7, 11) is 0. The molecule has 20 heavy (non-hydrogen) atoms. The van der Waals surface area contributed by atoms with Crippen molar-refractivity contribution in [3.63, 3.8) is 0 Å². The summed E-state index contributed by atoms with van der Waals surface area (Å²) in [5.41, 5.74) is 2.60. The van der Waals surface area contributed by atoms with Crippen molar-refractivity contribution in [2.45, 2.75) is 13.5 Å². The summed E-state index contributed by atoms with van der Waals surface area (Å²) >= 11 is 0. The zero-order valence-electron chi connectivity index (χ0n) is 10.7. The minimum Gasteiger partial charge on any atom is 0 e. The summed E-state index contributed by atoms with van der Waals surface area (Å²) < 4.78 is 33.1. The van der Waals surface area contributed by atoms with Crippen molar-refractivity contribution in [1.29, 1.82) is 0 Å². The molecule has 0 radical (unpaired) electrons. The van der Waals surface area contributed by atoms with Gasteiger partial charge in [-0.2, -0.15) is 0 Å². The standard InChI is InChI=1S/C11H12O2.3CO.Fe/c1-9-4-5-10(9)7-12-8-11-3-2-6-13-11;3*1-2;/h2-6H,7-8H2,1H3;;;;. The summed E-state index contributed by atoms with van der Waals surface area (Å²) in [5, 5.41) is 0. The van der Waals surface area contributed by atoms with Crippen LogP contribution in [0.1, 0.15) is 12.7 Å². The topological polar surface area (TPSA) is 82.1 Å². The molecule has 2 rings (SSSR count). The molecule has 0 saturated heterocycles. The Morgan fingerprint density at radius 2 is 1.65 bits per heavy atom. The van der Waals surface area contributed by atoms with Crippen molar-refractivity contribution in [2.75, 3.05) is 6.61 Å². The van der Waals surface area contributed by atoms with Gasteiger partial charge in [0.1, 0.15) is 12.4 Å². The van der Waals surface area contributed by atoms with E-state index in [0.29, 0.717) is 13.2 Å². The molecule has 1 aromatic rings. The van der Waals surface area contributed by atoms with E-state index >= 15 is 0 Å². The Balaban J connectivity index is -0.000000368. The van der Waals surface area contributed by atoms with E-state index in [-0.39, 0.29) is 17.1 Å². The van der Waals surface area contributed by atoms with Crippen molar-refractivity contribution >= 4 is 0 Å². The van der Waals surface area contributed by atoms with Crippen LogP contribution in [0.25, 0.3) is 0 Å². The van der Waals surface area contributed by atoms with Gasteiger partial charge in [-0.15, -0.1) is 0 Å². The van der Waals surface area contributed by atoms with E-state index in [0.717, 1.165) is 5.76 Å². The van der Waals surface area contributed by atoms with Crippen molar-refractivity contribution in [2.24, 2.45) is 0 Å². The van der Waals surface area contributed by atoms with Crippen LogP contribution < -0.4 is 0 Å². The fourth-order valence-corrected chi connectivity index (χ4v) is 1.19. The third-order valence-electron chi connectivity index (χ3n) is 2.12. The third kappa shape index (κ3) is 9.40. The average Bonchev–Trinajstić information content (AvgIpc) is 3.01. The molecule has 5 nitrogen and oxygen atoms in total. The van der Waals surface area contributed by atoms with Gasteiger partial charge in [-0.05, 0) is 30.2 Å². The van der Waals surface area contributed by atoms with Gasteiger partial charge in [-0.3, -0.25) is 0 Å². The average molecular weight is 316 g/mol. The molecule has 0 unspecified atom stereocenters. The molecule has 0 aromatic carbocycles. The molecular formula is C14H12FeO5. The zero-order chi connectivity index (χ0) is 15.1. The minimum atomic E-state index is 0. The molecule has 0 amide bonds. The molecule has 1 aliphatic rings. The smallest absolute Gasteiger partial charge is 0 e. The number of ether oxygens (including phenoxy) is 1. The van der Waals surface area contributed by atoms with Crippen LogP contribution in [-0.4, -0.2) is 6.61 Å². The molecule has 1 aromatic heterocycles. The van der Waals surface area contributed by atoms with Crippen LogP contribution in [-0.2, 0) is 42.4 Å². The molecule has 0 spiro atoms. The molecule has 1 heterocycles. The van der Waals surface area contributed by atoms with Gasteiger partial charge in [-0.25, -0.2) is 0 Å². The second-order valence-electron chi connectivity index (χ2n) is 3.11. The third-order valence-corrected chi connectivity index (χ3v) is 2.12. The maximum Gasteiger partial charge on any atom is 0 e. The van der Waals surface area contributed by atoms with Gasteiger partial charge in [-0.1, -0.05) is 12.2 Å². The van der Waals surface area contributed by atoms with E-state index in [2.05, 4.69) is 39.0 Å². The molecule has 0 bridgehead atoms. The maximum atomic E-state index is 7.50. The normalized spacial score (nSPS) is 9.95. The zero-order valence-corrected chi connectivity index (χ0v) is 11.8. The van der Waals surface area contributed by atoms with Crippen LogP contribution in [0.2, 0.25) is 0 Å². The summed E-state index contributed by atoms with van der Waals surface area (Å²) in [6, 6.07) is 3.78. The van der Waals surface area contributed by atoms with Crippen LogP contribution in [0.15, 0.2) is 46.1 Å². The number of furan rings is 1. The van der Waals surface area contributed by atoms with E-state index in [1.165, 1.54) is 11.1 Å². The Morgan fingerprint density at radius 1 is 1.05 bits per heavy atom. The SMILES string of the molecule is CC1=CC=C1COCc1ccco1.[C-]#[O+].[C-]#[O+].[C-]#[O+].[Fe]. The van der Waals surface area contributed by atoms with E-state index in [4.69, 9.17) is 23.1 Å². The Bertz CT molecular complexity index is 437. The molecule has 106 valence electrons. The Hall–Kier alpha value is -1.54. The second kappa shape index (κ2) is 17.5. The van der Waals surface area contributed by atoms with Gasteiger partial charge >= 0.3 is 33.9 Å². The number of allylic oxidation sites excluding steroid dienone is 2. The van der Waals surface area contributed by atoms with E-state index in [9.17, 15) is 0 Å². The largest absolute Gasteiger partial charge is 0 e. The summed E-state index contributed by atoms with van der Waals surface area (Å²) in [5.74, 6) is 0.876. The van der Waals surface area contributed by atoms with Crippen LogP contribution in [0, 0.1) is 20.0 Å². The van der Waals surface area contributed by atoms with Gasteiger partial charge in [0.05, 0.1) is 12.9 Å². The first-order valence-corrected chi connectivity index (χ1v) is 4.95. The molecule has 6 heteroatoms. The van der Waals surface area contributed by atoms with Gasteiger partial charge in [0.15, 0.2) is 0 Å². The fourth-order valence-electron chi connectivity index (χ4n) is 1.19. The van der Waals surface area contributed by atoms with Crippen molar-refractivity contribution < 1.29 is 40.2 Å². The van der Waals surface area contributed by atoms with Crippen molar-refractivity contribution in [1.82, 2.24) is 0 Å². The Labute approximate surface area is 128 Å². The molecule has 0 atom stereocenters. The monoisotopic (exact) mass is 316 g/mol. The van der Waals surface area contributed by atoms with Crippen molar-refractivity contribution in [3.05, 3.63) is 67.4 Å². The molecule has 0 aliphatic heterocycles. The van der Waals surface area contributed by atoms with Crippen LogP contribution >= 0.6 is 0 Å². The number of hydrogen-bond donors (Lipinski definition) is 0. The van der Waals surface area contributed by atoms with Crippen LogP contribution in [0.5, 0.6) is 0 Å². The second-order valence-corrected chi connectivity index (χ2v) is 3.11. The van der Waals surface area contributed by atoms with E-state index in [1.807, 2.05) is 12.1 Å². The molecule has 1 aliphatic carbocycles. The van der Waals surface area contributed by atoms with Crippen molar-refractivity contribution in [3.8, 4) is 0 Å². The summed E-state index contributed by atoms with van der Waals surface area (Å²) in [6.07, 6.45) is 5.83. The number of rotatable bonds is 4. The predicted octanol–water partition coefficient (Wildman–Crippen LogP) is 2.57. The van der Waals surface area contributed by atoms with Gasteiger partial charge in [0.25, 0.3) is 0 Å². The molecular weight excluding hydrogens is 304 g/mol. The fraction of sp³-hybridized carbons (Fsp3) is 0.214. The van der Waals surface area contributed by atoms with Crippen LogP contribution in [0.3, 0.4) is 0 Å². The first-order chi connectivity index (χ1) is 9.36. The van der Waals surface area contributed by atoms with Gasteiger partial charge in [0.2, 0.25) is 0 Å². The quantitative estimate of drug-likeness (QED) is 0.486. The Morgan fingerprint density at radius 3 is 2.00 bits per heavy atom. The van der Waals surface area contributed by atoms with E-state index in [1.54, 1.807) is 6.26 Å². The van der Waals surface area contributed by atoms with Crippen LogP contribution in [0.4, 0.5) is 0 Å². The molecule has 0 saturated carbocycles. The minimum absolute atomic E-state index is 0. The van der Waals surface area contributed by atoms with Gasteiger partial charge < -0.3 is 9.15 Å². The first-order valence-electron chi connectivity index (χ1n) is 4.95. The predicted molar refractivity (Wildman–Crippen MR) is 62.0 cm³/mol. The molecule has 0 fully saturated rings. The number of hydrogen-bond acceptors (Lipinski definition) is 2. The summed E-state index contributed by atoms with van der Waals surface area (Å²) in [4.78, 5) is 0. The molecule has 0 N–H and O–H groups in total.